The number of hydrogen-bond donors (Lipinski definition) is 0. The summed E-state index contributed by atoms with van der Waals surface area (Å²) in [4.78, 5) is 11.9. The van der Waals surface area contributed by atoms with Crippen LogP contribution in [0.2, 0.25) is 5.02 Å². The van der Waals surface area contributed by atoms with Gasteiger partial charge in [0, 0.05) is 10.6 Å². The van der Waals surface area contributed by atoms with Crippen molar-refractivity contribution in [3.05, 3.63) is 76.3 Å². The summed E-state index contributed by atoms with van der Waals surface area (Å²) in [5.74, 6) is -0.372. The highest BCUT2D eigenvalue weighted by Crippen LogP contribution is 2.29. The van der Waals surface area contributed by atoms with E-state index < -0.39 is 11.7 Å². The maximum atomic E-state index is 12.4. The van der Waals surface area contributed by atoms with E-state index in [1.807, 2.05) is 0 Å². The van der Waals surface area contributed by atoms with Gasteiger partial charge in [0.05, 0.1) is 5.56 Å². The van der Waals surface area contributed by atoms with Crippen molar-refractivity contribution in [2.75, 3.05) is 0 Å². The third-order valence-electron chi connectivity index (χ3n) is 2.77. The van der Waals surface area contributed by atoms with Crippen LogP contribution in [0.25, 0.3) is 6.08 Å². The van der Waals surface area contributed by atoms with Crippen LogP contribution >= 0.6 is 11.6 Å². The number of halogens is 4. The molecule has 0 fully saturated rings. The molecule has 0 saturated heterocycles. The second-order valence-electron chi connectivity index (χ2n) is 4.33. The molecular weight excluding hydrogens is 301 g/mol. The van der Waals surface area contributed by atoms with Gasteiger partial charge >= 0.3 is 6.18 Å². The summed E-state index contributed by atoms with van der Waals surface area (Å²) < 4.78 is 37.2. The minimum absolute atomic E-state index is 0.196. The van der Waals surface area contributed by atoms with Crippen molar-refractivity contribution in [1.82, 2.24) is 0 Å². The monoisotopic (exact) mass is 310 g/mol. The van der Waals surface area contributed by atoms with Gasteiger partial charge in [0.2, 0.25) is 0 Å². The lowest BCUT2D eigenvalue weighted by molar-refractivity contribution is -0.137. The van der Waals surface area contributed by atoms with Crippen LogP contribution in [0.1, 0.15) is 21.5 Å². The molecule has 0 aliphatic carbocycles. The molecule has 0 N–H and O–H groups in total. The van der Waals surface area contributed by atoms with Crippen LogP contribution in [-0.4, -0.2) is 5.78 Å². The Morgan fingerprint density at radius 3 is 2.29 bits per heavy atom. The highest BCUT2D eigenvalue weighted by molar-refractivity contribution is 6.30. The van der Waals surface area contributed by atoms with E-state index in [0.29, 0.717) is 5.02 Å². The van der Waals surface area contributed by atoms with E-state index in [-0.39, 0.29) is 11.3 Å². The maximum absolute atomic E-state index is 12.4. The zero-order valence-corrected chi connectivity index (χ0v) is 11.4. The normalized spacial score (nSPS) is 11.8. The molecule has 0 atom stereocenters. The fraction of sp³-hybridized carbons (Fsp3) is 0.0625. The molecule has 21 heavy (non-hydrogen) atoms. The Kier molecular flexibility index (Phi) is 4.48. The van der Waals surface area contributed by atoms with Crippen LogP contribution in [0, 0.1) is 0 Å². The zero-order valence-electron chi connectivity index (χ0n) is 10.7. The van der Waals surface area contributed by atoms with Gasteiger partial charge in [0.1, 0.15) is 0 Å². The topological polar surface area (TPSA) is 17.1 Å². The zero-order chi connectivity index (χ0) is 15.5. The predicted molar refractivity (Wildman–Crippen MR) is 76.3 cm³/mol. The van der Waals surface area contributed by atoms with Gasteiger partial charge in [-0.3, -0.25) is 4.79 Å². The molecule has 0 unspecified atom stereocenters. The van der Waals surface area contributed by atoms with E-state index in [4.69, 9.17) is 11.6 Å². The third kappa shape index (κ3) is 4.20. The first-order valence-electron chi connectivity index (χ1n) is 6.01. The smallest absolute Gasteiger partial charge is 0.289 e. The first-order chi connectivity index (χ1) is 9.86. The minimum Gasteiger partial charge on any atom is -0.289 e. The van der Waals surface area contributed by atoms with Crippen LogP contribution < -0.4 is 0 Å². The number of rotatable bonds is 3. The van der Waals surface area contributed by atoms with Gasteiger partial charge in [0.25, 0.3) is 0 Å². The average molecular weight is 311 g/mol. The summed E-state index contributed by atoms with van der Waals surface area (Å²) in [6.45, 7) is 0. The quantitative estimate of drug-likeness (QED) is 0.558. The van der Waals surface area contributed by atoms with Crippen LogP contribution in [0.3, 0.4) is 0 Å². The molecule has 2 aromatic carbocycles. The molecular formula is C16H10ClF3O. The number of allylic oxidation sites excluding steroid dienone is 1. The van der Waals surface area contributed by atoms with E-state index in [0.717, 1.165) is 29.8 Å². The van der Waals surface area contributed by atoms with Gasteiger partial charge in [-0.25, -0.2) is 0 Å². The Morgan fingerprint density at radius 2 is 1.71 bits per heavy atom. The lowest BCUT2D eigenvalue weighted by Crippen LogP contribution is -2.05. The molecule has 0 saturated carbocycles. The number of carbonyl (C=O) groups excluding carboxylic acids is 1. The predicted octanol–water partition coefficient (Wildman–Crippen LogP) is 5.25. The van der Waals surface area contributed by atoms with Gasteiger partial charge in [-0.2, -0.15) is 13.2 Å². The molecule has 1 nitrogen and oxygen atoms in total. The van der Waals surface area contributed by atoms with Gasteiger partial charge < -0.3 is 0 Å². The molecule has 2 aromatic rings. The summed E-state index contributed by atoms with van der Waals surface area (Å²) in [6, 6.07) is 11.0. The Morgan fingerprint density at radius 1 is 1.05 bits per heavy atom. The summed E-state index contributed by atoms with van der Waals surface area (Å²) in [6.07, 6.45) is -1.54. The van der Waals surface area contributed by atoms with E-state index in [9.17, 15) is 18.0 Å². The molecule has 0 amide bonds. The third-order valence-corrected chi connectivity index (χ3v) is 3.01. The average Bonchev–Trinajstić information content (AvgIpc) is 2.44. The van der Waals surface area contributed by atoms with Crippen molar-refractivity contribution in [1.29, 1.82) is 0 Å². The van der Waals surface area contributed by atoms with Gasteiger partial charge in [-0.1, -0.05) is 41.9 Å². The number of carbonyl (C=O) groups is 1. The van der Waals surface area contributed by atoms with Crippen molar-refractivity contribution < 1.29 is 18.0 Å². The largest absolute Gasteiger partial charge is 0.416 e. The molecule has 0 aromatic heterocycles. The molecule has 2 rings (SSSR count). The molecule has 5 heteroatoms. The van der Waals surface area contributed by atoms with Gasteiger partial charge in [-0.05, 0) is 35.9 Å². The summed E-state index contributed by atoms with van der Waals surface area (Å²) >= 11 is 5.81. The van der Waals surface area contributed by atoms with E-state index in [2.05, 4.69) is 0 Å². The second kappa shape index (κ2) is 6.14. The van der Waals surface area contributed by atoms with Crippen molar-refractivity contribution in [2.45, 2.75) is 6.18 Å². The van der Waals surface area contributed by atoms with E-state index >= 15 is 0 Å². The Bertz CT molecular complexity index is 673. The van der Waals surface area contributed by atoms with Crippen LogP contribution in [0.5, 0.6) is 0 Å². The molecule has 0 spiro atoms. The van der Waals surface area contributed by atoms with Crippen molar-refractivity contribution in [3.8, 4) is 0 Å². The molecule has 0 heterocycles. The summed E-state index contributed by atoms with van der Waals surface area (Å²) in [5.41, 5.74) is 0.155. The van der Waals surface area contributed by atoms with Crippen LogP contribution in [-0.2, 0) is 6.18 Å². The van der Waals surface area contributed by atoms with E-state index in [1.54, 1.807) is 30.3 Å². The van der Waals surface area contributed by atoms with Crippen molar-refractivity contribution in [2.24, 2.45) is 0 Å². The fourth-order valence-electron chi connectivity index (χ4n) is 1.70. The first-order valence-corrected chi connectivity index (χ1v) is 6.39. The molecule has 0 aliphatic heterocycles. The van der Waals surface area contributed by atoms with Gasteiger partial charge in [-0.15, -0.1) is 0 Å². The summed E-state index contributed by atoms with van der Waals surface area (Å²) in [7, 11) is 0. The lowest BCUT2D eigenvalue weighted by atomic mass is 10.1. The first kappa shape index (κ1) is 15.3. The summed E-state index contributed by atoms with van der Waals surface area (Å²) in [5, 5.41) is 0.541. The number of ketones is 1. The standard InChI is InChI=1S/C16H10ClF3O/c17-14-3-1-2-11(10-14)4-9-15(21)12-5-7-13(8-6-12)16(18,19)20/h1-10H. The van der Waals surface area contributed by atoms with Crippen molar-refractivity contribution >= 4 is 23.5 Å². The Balaban J connectivity index is 2.14. The fourth-order valence-corrected chi connectivity index (χ4v) is 1.90. The highest BCUT2D eigenvalue weighted by Gasteiger charge is 2.30. The lowest BCUT2D eigenvalue weighted by Gasteiger charge is -2.06. The molecule has 108 valence electrons. The van der Waals surface area contributed by atoms with Gasteiger partial charge in [0.15, 0.2) is 5.78 Å². The minimum atomic E-state index is -4.40. The van der Waals surface area contributed by atoms with Crippen LogP contribution in [0.15, 0.2) is 54.6 Å². The highest BCUT2D eigenvalue weighted by atomic mass is 35.5. The Hall–Kier alpha value is -2.07. The maximum Gasteiger partial charge on any atom is 0.416 e. The number of alkyl halides is 3. The van der Waals surface area contributed by atoms with Crippen molar-refractivity contribution in [3.63, 3.8) is 0 Å². The Labute approximate surface area is 124 Å². The number of benzene rings is 2. The second-order valence-corrected chi connectivity index (χ2v) is 4.76. The molecule has 0 aliphatic rings. The molecule has 0 bridgehead atoms. The molecule has 0 radical (unpaired) electrons. The number of hydrogen-bond acceptors (Lipinski definition) is 1. The SMILES string of the molecule is O=C(C=Cc1cccc(Cl)c1)c1ccc(C(F)(F)F)cc1. The van der Waals surface area contributed by atoms with E-state index in [1.165, 1.54) is 6.08 Å². The van der Waals surface area contributed by atoms with Crippen LogP contribution in [0.4, 0.5) is 13.2 Å².